The fraction of sp³-hybridized carbons (Fsp3) is 0.211. The number of para-hydroxylation sites is 1. The molecule has 0 bridgehead atoms. The molecule has 0 saturated carbocycles. The Labute approximate surface area is 151 Å². The Morgan fingerprint density at radius 1 is 1.16 bits per heavy atom. The summed E-state index contributed by atoms with van der Waals surface area (Å²) in [7, 11) is 0. The summed E-state index contributed by atoms with van der Waals surface area (Å²) in [5.41, 5.74) is 3.23. The molecule has 1 atom stereocenters. The Morgan fingerprint density at radius 3 is 2.64 bits per heavy atom. The molecule has 1 amide bonds. The van der Waals surface area contributed by atoms with Crippen molar-refractivity contribution in [2.24, 2.45) is 0 Å². The van der Waals surface area contributed by atoms with Crippen LogP contribution in [0, 0.1) is 6.92 Å². The topological polar surface area (TPSA) is 59.8 Å². The minimum atomic E-state index is -0.268. The van der Waals surface area contributed by atoms with Crippen LogP contribution in [0.2, 0.25) is 0 Å². The number of hydrogen-bond acceptors (Lipinski definition) is 4. The average Bonchev–Trinajstić information content (AvgIpc) is 3.08. The number of nitrogens with one attached hydrogen (secondary N) is 1. The lowest BCUT2D eigenvalue weighted by Gasteiger charge is -2.13. The van der Waals surface area contributed by atoms with Crippen LogP contribution in [0.1, 0.15) is 18.1 Å². The van der Waals surface area contributed by atoms with Crippen LogP contribution in [0.25, 0.3) is 5.69 Å². The third-order valence-electron chi connectivity index (χ3n) is 3.85. The van der Waals surface area contributed by atoms with Crippen molar-refractivity contribution < 1.29 is 4.79 Å². The van der Waals surface area contributed by atoms with Crippen molar-refractivity contribution in [3.63, 3.8) is 0 Å². The van der Waals surface area contributed by atoms with E-state index in [1.54, 1.807) is 6.33 Å². The Balaban J connectivity index is 1.65. The number of rotatable bonds is 6. The normalized spacial score (nSPS) is 11.9. The van der Waals surface area contributed by atoms with Crippen molar-refractivity contribution in [3.8, 4) is 5.69 Å². The molecule has 0 aliphatic carbocycles. The van der Waals surface area contributed by atoms with Gasteiger partial charge in [0.15, 0.2) is 5.16 Å². The van der Waals surface area contributed by atoms with Crippen molar-refractivity contribution in [2.75, 3.05) is 0 Å². The number of amides is 1. The van der Waals surface area contributed by atoms with E-state index in [1.165, 1.54) is 11.8 Å². The Bertz CT molecular complexity index is 847. The van der Waals surface area contributed by atoms with E-state index in [2.05, 4.69) is 15.5 Å². The number of thioether (sulfide) groups is 1. The molecule has 0 fully saturated rings. The molecule has 0 unspecified atom stereocenters. The van der Waals surface area contributed by atoms with E-state index < -0.39 is 0 Å². The van der Waals surface area contributed by atoms with Crippen LogP contribution in [-0.4, -0.2) is 25.9 Å². The summed E-state index contributed by atoms with van der Waals surface area (Å²) < 4.78 is 1.92. The number of carbonyl (C=O) groups is 1. The van der Waals surface area contributed by atoms with E-state index in [4.69, 9.17) is 0 Å². The van der Waals surface area contributed by atoms with Gasteiger partial charge in [-0.05, 0) is 31.0 Å². The number of nitrogens with zero attached hydrogens (tertiary/aromatic N) is 3. The first-order valence-corrected chi connectivity index (χ1v) is 8.97. The van der Waals surface area contributed by atoms with E-state index in [0.29, 0.717) is 11.7 Å². The van der Waals surface area contributed by atoms with Crippen LogP contribution in [0.15, 0.2) is 66.1 Å². The zero-order valence-electron chi connectivity index (χ0n) is 14.2. The van der Waals surface area contributed by atoms with E-state index >= 15 is 0 Å². The zero-order valence-corrected chi connectivity index (χ0v) is 15.0. The predicted molar refractivity (Wildman–Crippen MR) is 99.7 cm³/mol. The molecule has 0 spiro atoms. The SMILES string of the molecule is Cc1ccccc1-n1cnnc1S[C@H](C)C(=O)NCc1ccccc1. The molecule has 3 aromatic rings. The van der Waals surface area contributed by atoms with Crippen LogP contribution in [-0.2, 0) is 11.3 Å². The van der Waals surface area contributed by atoms with E-state index in [-0.39, 0.29) is 11.2 Å². The van der Waals surface area contributed by atoms with E-state index in [1.807, 2.05) is 73.0 Å². The predicted octanol–water partition coefficient (Wildman–Crippen LogP) is 3.37. The Hall–Kier alpha value is -2.60. The molecule has 0 aliphatic heterocycles. The average molecular weight is 352 g/mol. The molecule has 1 N–H and O–H groups in total. The number of carbonyl (C=O) groups excluding carboxylic acids is 1. The summed E-state index contributed by atoms with van der Waals surface area (Å²) in [4.78, 5) is 12.4. The number of aromatic nitrogens is 3. The van der Waals surface area contributed by atoms with E-state index in [0.717, 1.165) is 16.8 Å². The number of benzene rings is 2. The third kappa shape index (κ3) is 4.28. The first kappa shape index (κ1) is 17.2. The maximum Gasteiger partial charge on any atom is 0.233 e. The Morgan fingerprint density at radius 2 is 1.88 bits per heavy atom. The van der Waals surface area contributed by atoms with Gasteiger partial charge in [-0.3, -0.25) is 9.36 Å². The molecule has 128 valence electrons. The standard InChI is InChI=1S/C19H20N4OS/c1-14-8-6-7-11-17(14)23-13-21-22-19(23)25-15(2)18(24)20-12-16-9-4-3-5-10-16/h3-11,13,15H,12H2,1-2H3,(H,20,24)/t15-/m1/s1. The second kappa shape index (κ2) is 7.98. The van der Waals surface area contributed by atoms with Crippen molar-refractivity contribution in [2.45, 2.75) is 30.8 Å². The van der Waals surface area contributed by atoms with Gasteiger partial charge >= 0.3 is 0 Å². The van der Waals surface area contributed by atoms with Crippen LogP contribution < -0.4 is 5.32 Å². The van der Waals surface area contributed by atoms with E-state index in [9.17, 15) is 4.79 Å². The second-order valence-corrected chi connectivity index (χ2v) is 7.04. The van der Waals surface area contributed by atoms with Crippen molar-refractivity contribution in [1.29, 1.82) is 0 Å². The summed E-state index contributed by atoms with van der Waals surface area (Å²) >= 11 is 1.40. The molecule has 0 aliphatic rings. The molecular formula is C19H20N4OS. The fourth-order valence-electron chi connectivity index (χ4n) is 2.44. The summed E-state index contributed by atoms with van der Waals surface area (Å²) in [6.07, 6.45) is 1.68. The van der Waals surface area contributed by atoms with Gasteiger partial charge in [-0.2, -0.15) is 0 Å². The highest BCUT2D eigenvalue weighted by Gasteiger charge is 2.18. The molecule has 25 heavy (non-hydrogen) atoms. The molecule has 6 heteroatoms. The number of aryl methyl sites for hydroxylation is 1. The maximum atomic E-state index is 12.4. The van der Waals surface area contributed by atoms with Gasteiger partial charge in [0.25, 0.3) is 0 Å². The minimum Gasteiger partial charge on any atom is -0.351 e. The van der Waals surface area contributed by atoms with Crippen molar-refractivity contribution in [3.05, 3.63) is 72.1 Å². The van der Waals surface area contributed by atoms with Gasteiger partial charge in [0.2, 0.25) is 5.91 Å². The summed E-state index contributed by atoms with van der Waals surface area (Å²) in [6.45, 7) is 4.44. The maximum absolute atomic E-state index is 12.4. The first-order valence-electron chi connectivity index (χ1n) is 8.09. The van der Waals surface area contributed by atoms with Gasteiger partial charge < -0.3 is 5.32 Å². The highest BCUT2D eigenvalue weighted by molar-refractivity contribution is 8.00. The van der Waals surface area contributed by atoms with Crippen LogP contribution >= 0.6 is 11.8 Å². The highest BCUT2D eigenvalue weighted by atomic mass is 32.2. The molecule has 5 nitrogen and oxygen atoms in total. The fourth-order valence-corrected chi connectivity index (χ4v) is 3.30. The largest absolute Gasteiger partial charge is 0.351 e. The molecule has 0 radical (unpaired) electrons. The lowest BCUT2D eigenvalue weighted by Crippen LogP contribution is -2.30. The Kier molecular flexibility index (Phi) is 5.50. The summed E-state index contributed by atoms with van der Waals surface area (Å²) in [5.74, 6) is -0.0202. The molecule has 1 aromatic heterocycles. The lowest BCUT2D eigenvalue weighted by molar-refractivity contribution is -0.120. The minimum absolute atomic E-state index is 0.0202. The highest BCUT2D eigenvalue weighted by Crippen LogP contribution is 2.25. The van der Waals surface area contributed by atoms with Gasteiger partial charge in [-0.25, -0.2) is 0 Å². The molecule has 3 rings (SSSR count). The second-order valence-electron chi connectivity index (χ2n) is 5.73. The number of hydrogen-bond donors (Lipinski definition) is 1. The smallest absolute Gasteiger partial charge is 0.233 e. The molecule has 1 heterocycles. The molecular weight excluding hydrogens is 332 g/mol. The first-order chi connectivity index (χ1) is 12.1. The third-order valence-corrected chi connectivity index (χ3v) is 4.91. The molecule has 0 saturated heterocycles. The summed E-state index contributed by atoms with van der Waals surface area (Å²) in [5, 5.41) is 11.6. The lowest BCUT2D eigenvalue weighted by atomic mass is 10.2. The zero-order chi connectivity index (χ0) is 17.6. The van der Waals surface area contributed by atoms with Gasteiger partial charge in [-0.15, -0.1) is 10.2 Å². The van der Waals surface area contributed by atoms with Gasteiger partial charge in [0.1, 0.15) is 6.33 Å². The quantitative estimate of drug-likeness (QED) is 0.691. The van der Waals surface area contributed by atoms with Crippen molar-refractivity contribution in [1.82, 2.24) is 20.1 Å². The van der Waals surface area contributed by atoms with Crippen LogP contribution in [0.5, 0.6) is 0 Å². The van der Waals surface area contributed by atoms with Crippen molar-refractivity contribution >= 4 is 17.7 Å². The van der Waals surface area contributed by atoms with Gasteiger partial charge in [0.05, 0.1) is 10.9 Å². The summed E-state index contributed by atoms with van der Waals surface area (Å²) in [6, 6.07) is 17.9. The van der Waals surface area contributed by atoms with Crippen LogP contribution in [0.4, 0.5) is 0 Å². The van der Waals surface area contributed by atoms with Gasteiger partial charge in [0, 0.05) is 6.54 Å². The monoisotopic (exact) mass is 352 g/mol. The van der Waals surface area contributed by atoms with Crippen LogP contribution in [0.3, 0.4) is 0 Å². The molecule has 2 aromatic carbocycles. The van der Waals surface area contributed by atoms with Gasteiger partial charge in [-0.1, -0.05) is 60.3 Å².